The summed E-state index contributed by atoms with van der Waals surface area (Å²) in [5, 5.41) is 10.6. The van der Waals surface area contributed by atoms with Crippen molar-refractivity contribution >= 4 is 35.0 Å². The predicted molar refractivity (Wildman–Crippen MR) is 127 cm³/mol. The number of aromatic nitrogens is 4. The smallest absolute Gasteiger partial charge is 0.254 e. The number of benzene rings is 1. The van der Waals surface area contributed by atoms with Crippen molar-refractivity contribution in [3.63, 3.8) is 0 Å². The third-order valence-corrected chi connectivity index (χ3v) is 5.53. The summed E-state index contributed by atoms with van der Waals surface area (Å²) in [5.41, 5.74) is 6.95. The number of para-hydroxylation sites is 2. The standard InChI is InChI=1S/C23H26N8O3/c1-3-20(32)30-10-6-7-16(14-30)31-13-15(11-26-31)27-23-25-12-17(21(24)33)22(29-23)28-18-8-4-5-9-19(18)34-2/h3-5,8-9,11-13,16H,1,6-7,10,14H2,2H3,(H2,24,33)(H2,25,27,28,29)/t16-/m0/s1. The number of nitrogens with zero attached hydrogens (tertiary/aromatic N) is 5. The molecule has 3 heterocycles. The zero-order valence-corrected chi connectivity index (χ0v) is 18.8. The minimum atomic E-state index is -0.660. The van der Waals surface area contributed by atoms with Crippen molar-refractivity contribution in [3.05, 3.63) is 61.1 Å². The number of primary amides is 1. The summed E-state index contributed by atoms with van der Waals surface area (Å²) in [4.78, 5) is 34.3. The molecular weight excluding hydrogens is 436 g/mol. The minimum Gasteiger partial charge on any atom is -0.495 e. The molecule has 1 aliphatic rings. The average molecular weight is 463 g/mol. The van der Waals surface area contributed by atoms with Gasteiger partial charge in [0.2, 0.25) is 11.9 Å². The number of rotatable bonds is 8. The van der Waals surface area contributed by atoms with Crippen LogP contribution in [0, 0.1) is 0 Å². The first-order valence-corrected chi connectivity index (χ1v) is 10.8. The summed E-state index contributed by atoms with van der Waals surface area (Å²) in [7, 11) is 1.55. The third-order valence-electron chi connectivity index (χ3n) is 5.53. The molecule has 0 spiro atoms. The molecule has 176 valence electrons. The normalized spacial score (nSPS) is 15.4. The molecule has 0 unspecified atom stereocenters. The molecule has 11 nitrogen and oxygen atoms in total. The number of carbonyl (C=O) groups is 2. The van der Waals surface area contributed by atoms with Crippen molar-refractivity contribution in [2.24, 2.45) is 5.73 Å². The van der Waals surface area contributed by atoms with Gasteiger partial charge in [-0.1, -0.05) is 18.7 Å². The summed E-state index contributed by atoms with van der Waals surface area (Å²) in [5.74, 6) is 0.353. The molecule has 34 heavy (non-hydrogen) atoms. The Hall–Kier alpha value is -4.41. The van der Waals surface area contributed by atoms with Gasteiger partial charge in [-0.2, -0.15) is 10.1 Å². The second-order valence-electron chi connectivity index (χ2n) is 7.76. The van der Waals surface area contributed by atoms with E-state index in [2.05, 4.69) is 32.3 Å². The fraction of sp³-hybridized carbons (Fsp3) is 0.261. The van der Waals surface area contributed by atoms with E-state index in [1.165, 1.54) is 12.3 Å². The highest BCUT2D eigenvalue weighted by molar-refractivity contribution is 5.98. The number of piperidine rings is 1. The van der Waals surface area contributed by atoms with Crippen molar-refractivity contribution in [2.75, 3.05) is 30.8 Å². The maximum absolute atomic E-state index is 12.0. The summed E-state index contributed by atoms with van der Waals surface area (Å²) in [6, 6.07) is 7.32. The first-order chi connectivity index (χ1) is 16.5. The SMILES string of the molecule is C=CC(=O)N1CCC[C@H](n2cc(Nc3ncc(C(N)=O)c(Nc4ccccc4OC)n3)cn2)C1. The molecule has 0 radical (unpaired) electrons. The molecule has 0 aliphatic carbocycles. The Bertz CT molecular complexity index is 1210. The van der Waals surface area contributed by atoms with Gasteiger partial charge < -0.3 is 26.0 Å². The summed E-state index contributed by atoms with van der Waals surface area (Å²) in [6.07, 6.45) is 8.00. The highest BCUT2D eigenvalue weighted by atomic mass is 16.5. The van der Waals surface area contributed by atoms with Crippen molar-refractivity contribution in [3.8, 4) is 5.75 Å². The van der Waals surface area contributed by atoms with Crippen LogP contribution in [0.15, 0.2) is 55.5 Å². The predicted octanol–water partition coefficient (Wildman–Crippen LogP) is 2.62. The highest BCUT2D eigenvalue weighted by Crippen LogP contribution is 2.29. The molecule has 4 rings (SSSR count). The number of likely N-dealkylation sites (tertiary alicyclic amines) is 1. The lowest BCUT2D eigenvalue weighted by atomic mass is 10.1. The van der Waals surface area contributed by atoms with Gasteiger partial charge in [-0.25, -0.2) is 4.98 Å². The number of methoxy groups -OCH3 is 1. The van der Waals surface area contributed by atoms with E-state index in [1.807, 2.05) is 23.0 Å². The Kier molecular flexibility index (Phi) is 6.72. The van der Waals surface area contributed by atoms with E-state index >= 15 is 0 Å². The zero-order chi connectivity index (χ0) is 24.1. The van der Waals surface area contributed by atoms with Crippen LogP contribution in [-0.4, -0.2) is 56.7 Å². The van der Waals surface area contributed by atoms with Crippen LogP contribution in [0.2, 0.25) is 0 Å². The number of ether oxygens (including phenoxy) is 1. The van der Waals surface area contributed by atoms with Crippen LogP contribution < -0.4 is 21.1 Å². The topological polar surface area (TPSA) is 140 Å². The Labute approximate surface area is 196 Å². The average Bonchev–Trinajstić information content (AvgIpc) is 3.32. The lowest BCUT2D eigenvalue weighted by Crippen LogP contribution is -2.39. The Morgan fingerprint density at radius 1 is 1.26 bits per heavy atom. The molecule has 4 N–H and O–H groups in total. The van der Waals surface area contributed by atoms with Crippen molar-refractivity contribution < 1.29 is 14.3 Å². The number of nitrogens with two attached hydrogens (primary N) is 1. The molecule has 1 fully saturated rings. The van der Waals surface area contributed by atoms with Gasteiger partial charge in [-0.15, -0.1) is 0 Å². The van der Waals surface area contributed by atoms with Crippen LogP contribution in [-0.2, 0) is 4.79 Å². The minimum absolute atomic E-state index is 0.0640. The molecule has 2 amide bonds. The van der Waals surface area contributed by atoms with Crippen molar-refractivity contribution in [1.29, 1.82) is 0 Å². The lowest BCUT2D eigenvalue weighted by Gasteiger charge is -2.32. The number of hydrogen-bond acceptors (Lipinski definition) is 8. The van der Waals surface area contributed by atoms with E-state index in [-0.39, 0.29) is 29.3 Å². The van der Waals surface area contributed by atoms with E-state index in [0.29, 0.717) is 23.7 Å². The van der Waals surface area contributed by atoms with Crippen LogP contribution in [0.25, 0.3) is 0 Å². The fourth-order valence-electron chi connectivity index (χ4n) is 3.82. The molecule has 11 heteroatoms. The molecule has 1 aliphatic heterocycles. The van der Waals surface area contributed by atoms with Crippen molar-refractivity contribution in [2.45, 2.75) is 18.9 Å². The fourth-order valence-corrected chi connectivity index (χ4v) is 3.82. The van der Waals surface area contributed by atoms with E-state index in [0.717, 1.165) is 19.4 Å². The largest absolute Gasteiger partial charge is 0.495 e. The van der Waals surface area contributed by atoms with Crippen LogP contribution >= 0.6 is 0 Å². The van der Waals surface area contributed by atoms with Crippen molar-refractivity contribution in [1.82, 2.24) is 24.6 Å². The number of amides is 2. The first kappa shape index (κ1) is 22.8. The Morgan fingerprint density at radius 3 is 2.85 bits per heavy atom. The highest BCUT2D eigenvalue weighted by Gasteiger charge is 2.24. The summed E-state index contributed by atoms with van der Waals surface area (Å²) < 4.78 is 7.18. The van der Waals surface area contributed by atoms with E-state index in [9.17, 15) is 9.59 Å². The van der Waals surface area contributed by atoms with Crippen LogP contribution in [0.4, 0.5) is 23.1 Å². The molecule has 0 saturated carbocycles. The Balaban J connectivity index is 1.53. The van der Waals surface area contributed by atoms with E-state index < -0.39 is 5.91 Å². The van der Waals surface area contributed by atoms with E-state index in [4.69, 9.17) is 10.5 Å². The number of nitrogens with one attached hydrogen (secondary N) is 2. The lowest BCUT2D eigenvalue weighted by molar-refractivity contribution is -0.127. The van der Waals surface area contributed by atoms with Crippen LogP contribution in [0.3, 0.4) is 0 Å². The van der Waals surface area contributed by atoms with Gasteiger partial charge in [0, 0.05) is 25.5 Å². The van der Waals surface area contributed by atoms with Crippen LogP contribution in [0.5, 0.6) is 5.75 Å². The molecule has 1 atom stereocenters. The molecule has 3 aromatic rings. The van der Waals surface area contributed by atoms with Gasteiger partial charge in [-0.3, -0.25) is 14.3 Å². The zero-order valence-electron chi connectivity index (χ0n) is 18.8. The number of carbonyl (C=O) groups excluding carboxylic acids is 2. The molecule has 0 bridgehead atoms. The molecule has 2 aromatic heterocycles. The maximum atomic E-state index is 12.0. The second-order valence-corrected chi connectivity index (χ2v) is 7.76. The molecular formula is C23H26N8O3. The van der Waals surface area contributed by atoms with Gasteiger partial charge in [0.25, 0.3) is 5.91 Å². The van der Waals surface area contributed by atoms with Gasteiger partial charge in [0.05, 0.1) is 30.7 Å². The quantitative estimate of drug-likeness (QED) is 0.434. The summed E-state index contributed by atoms with van der Waals surface area (Å²) in [6.45, 7) is 4.86. The first-order valence-electron chi connectivity index (χ1n) is 10.8. The number of anilines is 4. The maximum Gasteiger partial charge on any atom is 0.254 e. The summed E-state index contributed by atoms with van der Waals surface area (Å²) >= 11 is 0. The van der Waals surface area contributed by atoms with E-state index in [1.54, 1.807) is 30.3 Å². The van der Waals surface area contributed by atoms with Crippen LogP contribution in [0.1, 0.15) is 29.2 Å². The Morgan fingerprint density at radius 2 is 2.09 bits per heavy atom. The van der Waals surface area contributed by atoms with Gasteiger partial charge >= 0.3 is 0 Å². The second kappa shape index (κ2) is 10.0. The molecule has 1 saturated heterocycles. The molecule has 1 aromatic carbocycles. The van der Waals surface area contributed by atoms with Gasteiger partial charge in [0.1, 0.15) is 17.1 Å². The third kappa shape index (κ3) is 4.98. The van der Waals surface area contributed by atoms with Gasteiger partial charge in [-0.05, 0) is 31.1 Å². The van der Waals surface area contributed by atoms with Gasteiger partial charge in [0.15, 0.2) is 0 Å². The number of hydrogen-bond donors (Lipinski definition) is 3. The monoisotopic (exact) mass is 462 g/mol.